The molecule has 4 rings (SSSR count). The number of nitrogens with one attached hydrogen (secondary N) is 1. The summed E-state index contributed by atoms with van der Waals surface area (Å²) in [5.41, 5.74) is 2.84. The molecule has 0 saturated heterocycles. The molecule has 1 aliphatic heterocycles. The van der Waals surface area contributed by atoms with Gasteiger partial charge in [-0.1, -0.05) is 6.07 Å². The van der Waals surface area contributed by atoms with E-state index in [1.54, 1.807) is 12.3 Å². The highest BCUT2D eigenvalue weighted by molar-refractivity contribution is 7.60. The Morgan fingerprint density at radius 3 is 2.85 bits per heavy atom. The molecule has 0 amide bonds. The molecule has 0 saturated carbocycles. The number of hydrogen-bond acceptors (Lipinski definition) is 6. The maximum atomic E-state index is 14.1. The summed E-state index contributed by atoms with van der Waals surface area (Å²) in [6.45, 7) is 0.841. The van der Waals surface area contributed by atoms with Crippen LogP contribution in [0.2, 0.25) is 0 Å². The molecule has 27 heavy (non-hydrogen) atoms. The molecule has 0 bridgehead atoms. The van der Waals surface area contributed by atoms with Crippen LogP contribution >= 0.6 is 7.60 Å². The van der Waals surface area contributed by atoms with E-state index >= 15 is 0 Å². The predicted octanol–water partition coefficient (Wildman–Crippen LogP) is 1.97. The number of fused-ring (bicyclic) bond motifs is 3. The first-order chi connectivity index (χ1) is 12.9. The molecule has 0 spiro atoms. The second-order valence-corrected chi connectivity index (χ2v) is 7.68. The van der Waals surface area contributed by atoms with E-state index in [-0.39, 0.29) is 0 Å². The number of anilines is 2. The Balaban J connectivity index is 1.69. The average Bonchev–Trinajstić information content (AvgIpc) is 3.03. The fraction of sp³-hybridized carbons (Fsp3) is 0.176. The zero-order valence-electron chi connectivity index (χ0n) is 14.3. The number of rotatable bonds is 4. The third kappa shape index (κ3) is 3.21. The number of methoxy groups -OCH3 is 1. The topological polar surface area (TPSA) is 108 Å². The summed E-state index contributed by atoms with van der Waals surface area (Å²) >= 11 is 0. The van der Waals surface area contributed by atoms with Gasteiger partial charge >= 0.3 is 7.60 Å². The predicted molar refractivity (Wildman–Crippen MR) is 98.8 cm³/mol. The Kier molecular flexibility index (Phi) is 4.22. The number of benzene rings is 1. The highest BCUT2D eigenvalue weighted by Gasteiger charge is 2.25. The average molecular weight is 390 g/mol. The zero-order chi connectivity index (χ0) is 19.2. The number of halogens is 1. The summed E-state index contributed by atoms with van der Waals surface area (Å²) in [5, 5.41) is 3.45. The quantitative estimate of drug-likeness (QED) is 0.581. The minimum absolute atomic E-state index is 0.351. The molecule has 0 radical (unpaired) electrons. The lowest BCUT2D eigenvalue weighted by Gasteiger charge is -2.20. The highest BCUT2D eigenvalue weighted by Crippen LogP contribution is 2.38. The van der Waals surface area contributed by atoms with Crippen molar-refractivity contribution < 1.29 is 23.5 Å². The van der Waals surface area contributed by atoms with E-state index in [0.29, 0.717) is 30.3 Å². The van der Waals surface area contributed by atoms with E-state index in [1.807, 2.05) is 11.0 Å². The van der Waals surface area contributed by atoms with Crippen LogP contribution in [-0.4, -0.2) is 33.5 Å². The Labute approximate surface area is 153 Å². The molecule has 3 N–H and O–H groups in total. The first-order valence-electron chi connectivity index (χ1n) is 8.04. The third-order valence-electron chi connectivity index (χ3n) is 4.36. The van der Waals surface area contributed by atoms with Crippen molar-refractivity contribution in [2.24, 2.45) is 0 Å². The lowest BCUT2D eigenvalue weighted by atomic mass is 10.1. The summed E-state index contributed by atoms with van der Waals surface area (Å²) in [7, 11) is -3.10. The molecule has 0 aliphatic carbocycles. The van der Waals surface area contributed by atoms with Crippen LogP contribution < -0.4 is 20.3 Å². The number of pyridine rings is 2. The van der Waals surface area contributed by atoms with Crippen molar-refractivity contribution in [3.8, 4) is 5.88 Å². The first kappa shape index (κ1) is 17.7. The van der Waals surface area contributed by atoms with Crippen LogP contribution in [0.1, 0.15) is 5.56 Å². The molecule has 0 atom stereocenters. The van der Waals surface area contributed by atoms with Crippen molar-refractivity contribution in [1.29, 1.82) is 0 Å². The van der Waals surface area contributed by atoms with Crippen molar-refractivity contribution in [1.82, 2.24) is 9.97 Å². The van der Waals surface area contributed by atoms with E-state index in [0.717, 1.165) is 28.9 Å². The van der Waals surface area contributed by atoms with Crippen molar-refractivity contribution in [2.45, 2.75) is 6.54 Å². The summed E-state index contributed by atoms with van der Waals surface area (Å²) in [6.07, 6.45) is 1.68. The van der Waals surface area contributed by atoms with Crippen LogP contribution in [0.25, 0.3) is 11.0 Å². The SMILES string of the molecule is COc1ccc2c3c(cnc2n1)NCN3Cc1ccc(P(=O)(O)O)c(F)c1. The van der Waals surface area contributed by atoms with Gasteiger partial charge in [0.25, 0.3) is 0 Å². The van der Waals surface area contributed by atoms with Crippen LogP contribution in [0.3, 0.4) is 0 Å². The molecule has 0 fully saturated rings. The molecule has 3 heterocycles. The number of hydrogen-bond donors (Lipinski definition) is 3. The Morgan fingerprint density at radius 2 is 2.15 bits per heavy atom. The molecule has 140 valence electrons. The lowest BCUT2D eigenvalue weighted by molar-refractivity contribution is 0.385. The molecule has 3 aromatic rings. The number of ether oxygens (including phenoxy) is 1. The van der Waals surface area contributed by atoms with E-state index in [4.69, 9.17) is 14.5 Å². The molecule has 10 heteroatoms. The fourth-order valence-corrected chi connectivity index (χ4v) is 3.74. The van der Waals surface area contributed by atoms with Crippen LogP contribution in [0, 0.1) is 5.82 Å². The van der Waals surface area contributed by atoms with Gasteiger partial charge in [0, 0.05) is 18.0 Å². The minimum Gasteiger partial charge on any atom is -0.481 e. The van der Waals surface area contributed by atoms with Crippen LogP contribution in [0.5, 0.6) is 5.88 Å². The lowest BCUT2D eigenvalue weighted by Crippen LogP contribution is -2.23. The second kappa shape index (κ2) is 6.45. The van der Waals surface area contributed by atoms with E-state index in [1.165, 1.54) is 13.2 Å². The second-order valence-electron chi connectivity index (χ2n) is 6.11. The van der Waals surface area contributed by atoms with Gasteiger partial charge in [-0.2, -0.15) is 4.98 Å². The van der Waals surface area contributed by atoms with E-state index in [2.05, 4.69) is 15.3 Å². The van der Waals surface area contributed by atoms with Gasteiger partial charge in [-0.3, -0.25) is 4.57 Å². The van der Waals surface area contributed by atoms with Crippen molar-refractivity contribution in [3.05, 3.63) is 47.9 Å². The minimum atomic E-state index is -4.63. The molecule has 1 aliphatic rings. The Hall–Kier alpha value is -2.74. The molecule has 1 aromatic carbocycles. The fourth-order valence-electron chi connectivity index (χ4n) is 3.13. The first-order valence-corrected chi connectivity index (χ1v) is 9.65. The van der Waals surface area contributed by atoms with Gasteiger partial charge in [0.15, 0.2) is 5.65 Å². The van der Waals surface area contributed by atoms with Crippen LogP contribution in [0.15, 0.2) is 36.5 Å². The number of nitrogens with zero attached hydrogens (tertiary/aromatic N) is 3. The summed E-state index contributed by atoms with van der Waals surface area (Å²) in [5.74, 6) is -0.457. The van der Waals surface area contributed by atoms with Gasteiger partial charge in [-0.25, -0.2) is 9.37 Å². The van der Waals surface area contributed by atoms with E-state index < -0.39 is 18.7 Å². The van der Waals surface area contributed by atoms with Gasteiger partial charge in [0.05, 0.1) is 36.7 Å². The highest BCUT2D eigenvalue weighted by atomic mass is 31.2. The molecule has 0 unspecified atom stereocenters. The third-order valence-corrected chi connectivity index (χ3v) is 5.35. The largest absolute Gasteiger partial charge is 0.481 e. The van der Waals surface area contributed by atoms with Gasteiger partial charge in [-0.05, 0) is 23.8 Å². The summed E-state index contributed by atoms with van der Waals surface area (Å²) < 4.78 is 30.5. The molecular weight excluding hydrogens is 374 g/mol. The standard InChI is InChI=1S/C17H16FN4O4P/c1-26-15-5-3-11-16-13(7-19-17(11)21-15)20-9-22(16)8-10-2-4-14(12(18)6-10)27(23,24)25/h2-7,20H,8-9H2,1H3,(H2,23,24,25). The van der Waals surface area contributed by atoms with Crippen LogP contribution in [-0.2, 0) is 11.1 Å². The maximum absolute atomic E-state index is 14.1. The summed E-state index contributed by atoms with van der Waals surface area (Å²) in [4.78, 5) is 29.0. The van der Waals surface area contributed by atoms with Crippen molar-refractivity contribution >= 4 is 35.3 Å². The zero-order valence-corrected chi connectivity index (χ0v) is 15.2. The van der Waals surface area contributed by atoms with Gasteiger partial charge < -0.3 is 24.7 Å². The normalized spacial score (nSPS) is 13.6. The van der Waals surface area contributed by atoms with Gasteiger partial charge in [0.1, 0.15) is 5.82 Å². The van der Waals surface area contributed by atoms with Gasteiger partial charge in [-0.15, -0.1) is 0 Å². The maximum Gasteiger partial charge on any atom is 0.359 e. The van der Waals surface area contributed by atoms with Crippen LogP contribution in [0.4, 0.5) is 15.8 Å². The molecular formula is C17H16FN4O4P. The van der Waals surface area contributed by atoms with E-state index in [9.17, 15) is 8.96 Å². The summed E-state index contributed by atoms with van der Waals surface area (Å²) in [6, 6.07) is 7.41. The Bertz CT molecular complexity index is 1090. The smallest absolute Gasteiger partial charge is 0.359 e. The Morgan fingerprint density at radius 1 is 1.33 bits per heavy atom. The molecule has 8 nitrogen and oxygen atoms in total. The monoisotopic (exact) mass is 390 g/mol. The van der Waals surface area contributed by atoms with Crippen molar-refractivity contribution in [2.75, 3.05) is 24.0 Å². The number of aromatic nitrogens is 2. The van der Waals surface area contributed by atoms with Gasteiger partial charge in [0.2, 0.25) is 5.88 Å². The van der Waals surface area contributed by atoms with Crippen molar-refractivity contribution in [3.63, 3.8) is 0 Å². The molecule has 2 aromatic heterocycles.